The molecule has 0 unspecified atom stereocenters. The maximum atomic E-state index is 12.4. The number of hydrogen-bond donors (Lipinski definition) is 1. The van der Waals surface area contributed by atoms with Gasteiger partial charge in [-0.25, -0.2) is 4.98 Å². The number of nitrogens with zero attached hydrogens (tertiary/aromatic N) is 1. The van der Waals surface area contributed by atoms with Crippen molar-refractivity contribution >= 4 is 11.6 Å². The van der Waals surface area contributed by atoms with Crippen LogP contribution >= 0.6 is 0 Å². The van der Waals surface area contributed by atoms with E-state index in [-0.39, 0.29) is 5.91 Å². The Morgan fingerprint density at radius 3 is 2.61 bits per heavy atom. The second kappa shape index (κ2) is 8.61. The summed E-state index contributed by atoms with van der Waals surface area (Å²) >= 11 is 0. The molecule has 0 aliphatic rings. The highest BCUT2D eigenvalue weighted by Crippen LogP contribution is 2.26. The van der Waals surface area contributed by atoms with Crippen LogP contribution in [0.2, 0.25) is 0 Å². The number of anilines is 1. The quantitative estimate of drug-likeness (QED) is 0.651. The fraction of sp³-hybridized carbons (Fsp3) is 0.273. The zero-order valence-corrected chi connectivity index (χ0v) is 16.5. The van der Waals surface area contributed by atoms with E-state index in [0.29, 0.717) is 24.4 Å². The van der Waals surface area contributed by atoms with Crippen LogP contribution in [0.1, 0.15) is 23.4 Å². The third-order valence-corrected chi connectivity index (χ3v) is 4.53. The van der Waals surface area contributed by atoms with E-state index in [1.54, 1.807) is 14.2 Å². The van der Waals surface area contributed by atoms with Gasteiger partial charge in [0.25, 0.3) is 0 Å². The van der Waals surface area contributed by atoms with E-state index in [2.05, 4.69) is 10.3 Å². The molecule has 3 aromatic rings. The van der Waals surface area contributed by atoms with E-state index in [9.17, 15) is 4.79 Å². The molecule has 1 aromatic heterocycles. The summed E-state index contributed by atoms with van der Waals surface area (Å²) in [6, 6.07) is 13.0. The lowest BCUT2D eigenvalue weighted by molar-refractivity contribution is -0.116. The molecule has 146 valence electrons. The molecule has 28 heavy (non-hydrogen) atoms. The molecular formula is C22H24N2O4. The van der Waals surface area contributed by atoms with Crippen molar-refractivity contribution in [2.45, 2.75) is 26.7 Å². The van der Waals surface area contributed by atoms with E-state index >= 15 is 0 Å². The summed E-state index contributed by atoms with van der Waals surface area (Å²) in [5, 5.41) is 2.93. The maximum absolute atomic E-state index is 12.4. The number of hydrogen-bond acceptors (Lipinski definition) is 5. The highest BCUT2D eigenvalue weighted by atomic mass is 16.5. The van der Waals surface area contributed by atoms with E-state index in [4.69, 9.17) is 13.9 Å². The molecule has 6 nitrogen and oxygen atoms in total. The Kier molecular flexibility index (Phi) is 5.99. The Hall–Kier alpha value is -3.28. The first-order valence-electron chi connectivity index (χ1n) is 9.05. The molecule has 1 N–H and O–H groups in total. The number of benzene rings is 2. The zero-order chi connectivity index (χ0) is 20.1. The van der Waals surface area contributed by atoms with Gasteiger partial charge in [-0.2, -0.15) is 0 Å². The number of oxazole rings is 1. The summed E-state index contributed by atoms with van der Waals surface area (Å²) in [6.07, 6.45) is 0.870. The Morgan fingerprint density at radius 1 is 1.11 bits per heavy atom. The van der Waals surface area contributed by atoms with Crippen LogP contribution in [0.5, 0.6) is 11.5 Å². The second-order valence-corrected chi connectivity index (χ2v) is 6.47. The van der Waals surface area contributed by atoms with Gasteiger partial charge < -0.3 is 19.2 Å². The molecule has 2 aromatic carbocycles. The fourth-order valence-corrected chi connectivity index (χ4v) is 2.88. The average molecular weight is 380 g/mol. The predicted octanol–water partition coefficient (Wildman–Crippen LogP) is 4.55. The lowest BCUT2D eigenvalue weighted by Crippen LogP contribution is -2.12. The standard InChI is InChI=1S/C22H24N2O4/c1-14-15(2)28-22(23-14)17-6-5-7-18(12-17)24-21(25)11-8-16-13-19(26-3)9-10-20(16)27-4/h5-7,9-10,12-13H,8,11H2,1-4H3,(H,24,25). The minimum absolute atomic E-state index is 0.0817. The van der Waals surface area contributed by atoms with Gasteiger partial charge in [0, 0.05) is 17.7 Å². The van der Waals surface area contributed by atoms with Crippen molar-refractivity contribution in [3.05, 3.63) is 59.5 Å². The number of rotatable bonds is 7. The van der Waals surface area contributed by atoms with Crippen LogP contribution in [0.15, 0.2) is 46.9 Å². The number of nitrogens with one attached hydrogen (secondary N) is 1. The van der Waals surface area contributed by atoms with Gasteiger partial charge in [0.2, 0.25) is 11.8 Å². The highest BCUT2D eigenvalue weighted by Gasteiger charge is 2.11. The van der Waals surface area contributed by atoms with Crippen molar-refractivity contribution in [2.24, 2.45) is 0 Å². The number of ether oxygens (including phenoxy) is 2. The molecule has 0 bridgehead atoms. The fourth-order valence-electron chi connectivity index (χ4n) is 2.88. The molecule has 0 radical (unpaired) electrons. The molecule has 1 amide bonds. The van der Waals surface area contributed by atoms with Crippen LogP contribution in [-0.2, 0) is 11.2 Å². The van der Waals surface area contributed by atoms with E-state index in [1.165, 1.54) is 0 Å². The summed E-state index contributed by atoms with van der Waals surface area (Å²) in [7, 11) is 3.23. The summed E-state index contributed by atoms with van der Waals surface area (Å²) in [5.41, 5.74) is 3.31. The minimum Gasteiger partial charge on any atom is -0.497 e. The third-order valence-electron chi connectivity index (χ3n) is 4.53. The molecule has 0 fully saturated rings. The first kappa shape index (κ1) is 19.5. The van der Waals surface area contributed by atoms with E-state index in [0.717, 1.165) is 34.1 Å². The number of amides is 1. The SMILES string of the molecule is COc1ccc(OC)c(CCC(=O)Nc2cccc(-c3nc(C)c(C)o3)c2)c1. The van der Waals surface area contributed by atoms with Crippen LogP contribution in [0.3, 0.4) is 0 Å². The average Bonchev–Trinajstić information content (AvgIpc) is 3.05. The first-order chi connectivity index (χ1) is 13.5. The predicted molar refractivity (Wildman–Crippen MR) is 108 cm³/mol. The zero-order valence-electron chi connectivity index (χ0n) is 16.5. The molecule has 6 heteroatoms. The smallest absolute Gasteiger partial charge is 0.226 e. The summed E-state index contributed by atoms with van der Waals surface area (Å²) in [5.74, 6) is 2.73. The highest BCUT2D eigenvalue weighted by molar-refractivity contribution is 5.91. The van der Waals surface area contributed by atoms with Crippen molar-refractivity contribution in [1.29, 1.82) is 0 Å². The van der Waals surface area contributed by atoms with Crippen LogP contribution in [0.4, 0.5) is 5.69 Å². The summed E-state index contributed by atoms with van der Waals surface area (Å²) < 4.78 is 16.3. The lowest BCUT2D eigenvalue weighted by Gasteiger charge is -2.11. The molecule has 0 saturated carbocycles. The monoisotopic (exact) mass is 380 g/mol. The largest absolute Gasteiger partial charge is 0.497 e. The van der Waals surface area contributed by atoms with Gasteiger partial charge in [-0.15, -0.1) is 0 Å². The first-order valence-corrected chi connectivity index (χ1v) is 9.05. The van der Waals surface area contributed by atoms with E-state index in [1.807, 2.05) is 56.3 Å². The molecule has 0 aliphatic heterocycles. The van der Waals surface area contributed by atoms with Crippen molar-refractivity contribution in [2.75, 3.05) is 19.5 Å². The molecule has 0 saturated heterocycles. The van der Waals surface area contributed by atoms with Crippen LogP contribution in [0, 0.1) is 13.8 Å². The van der Waals surface area contributed by atoms with Gasteiger partial charge in [-0.1, -0.05) is 6.07 Å². The van der Waals surface area contributed by atoms with Crippen molar-refractivity contribution < 1.29 is 18.7 Å². The molecule has 0 atom stereocenters. The Labute approximate surface area is 164 Å². The minimum atomic E-state index is -0.0817. The van der Waals surface area contributed by atoms with Gasteiger partial charge >= 0.3 is 0 Å². The van der Waals surface area contributed by atoms with Crippen molar-refractivity contribution in [3.63, 3.8) is 0 Å². The number of methoxy groups -OCH3 is 2. The maximum Gasteiger partial charge on any atom is 0.226 e. The number of aromatic nitrogens is 1. The summed E-state index contributed by atoms with van der Waals surface area (Å²) in [4.78, 5) is 16.8. The van der Waals surface area contributed by atoms with Gasteiger partial charge in [-0.05, 0) is 62.2 Å². The van der Waals surface area contributed by atoms with Crippen LogP contribution in [-0.4, -0.2) is 25.1 Å². The summed E-state index contributed by atoms with van der Waals surface area (Å²) in [6.45, 7) is 3.78. The number of carbonyl (C=O) groups is 1. The lowest BCUT2D eigenvalue weighted by atomic mass is 10.1. The number of aryl methyl sites for hydroxylation is 3. The molecule has 3 rings (SSSR count). The van der Waals surface area contributed by atoms with Gasteiger partial charge in [-0.3, -0.25) is 4.79 Å². The molecule has 0 aliphatic carbocycles. The van der Waals surface area contributed by atoms with Crippen LogP contribution < -0.4 is 14.8 Å². The van der Waals surface area contributed by atoms with Crippen molar-refractivity contribution in [1.82, 2.24) is 4.98 Å². The van der Waals surface area contributed by atoms with Crippen LogP contribution in [0.25, 0.3) is 11.5 Å². The third kappa shape index (κ3) is 4.52. The van der Waals surface area contributed by atoms with Crippen molar-refractivity contribution in [3.8, 4) is 23.0 Å². The number of carbonyl (C=O) groups excluding carboxylic acids is 1. The molecule has 0 spiro atoms. The normalized spacial score (nSPS) is 10.6. The molecule has 1 heterocycles. The molecular weight excluding hydrogens is 356 g/mol. The van der Waals surface area contributed by atoms with E-state index < -0.39 is 0 Å². The van der Waals surface area contributed by atoms with Gasteiger partial charge in [0.1, 0.15) is 17.3 Å². The topological polar surface area (TPSA) is 73.6 Å². The second-order valence-electron chi connectivity index (χ2n) is 6.47. The Bertz CT molecular complexity index is 959. The Balaban J connectivity index is 1.66. The van der Waals surface area contributed by atoms with Gasteiger partial charge in [0.15, 0.2) is 0 Å². The Morgan fingerprint density at radius 2 is 1.93 bits per heavy atom. The van der Waals surface area contributed by atoms with Gasteiger partial charge in [0.05, 0.1) is 19.9 Å².